The first-order chi connectivity index (χ1) is 14.6. The first kappa shape index (κ1) is 23.5. The van der Waals surface area contributed by atoms with Gasteiger partial charge in [-0.1, -0.05) is 69.7 Å². The number of carbonyl (C=O) groups is 2. The highest BCUT2D eigenvalue weighted by atomic mass is 16.5. The van der Waals surface area contributed by atoms with E-state index in [0.29, 0.717) is 25.3 Å². The van der Waals surface area contributed by atoms with Crippen LogP contribution in [0.1, 0.15) is 51.2 Å². The summed E-state index contributed by atoms with van der Waals surface area (Å²) in [6.45, 7) is 7.00. The van der Waals surface area contributed by atoms with Crippen LogP contribution in [0.15, 0.2) is 54.6 Å². The Labute approximate surface area is 180 Å². The number of ether oxygens (including phenoxy) is 1. The quantitative estimate of drug-likeness (QED) is 0.529. The summed E-state index contributed by atoms with van der Waals surface area (Å²) in [4.78, 5) is 27.5. The van der Waals surface area contributed by atoms with E-state index in [1.54, 1.807) is 4.90 Å². The Balaban J connectivity index is 2.11. The maximum atomic E-state index is 13.1. The molecule has 2 rings (SSSR count). The molecule has 0 bridgehead atoms. The topological polar surface area (TPSA) is 58.6 Å². The lowest BCUT2D eigenvalue weighted by Gasteiger charge is -2.30. The van der Waals surface area contributed by atoms with Crippen molar-refractivity contribution in [2.75, 3.05) is 13.2 Å². The molecule has 0 unspecified atom stereocenters. The Morgan fingerprint density at radius 1 is 0.967 bits per heavy atom. The van der Waals surface area contributed by atoms with Gasteiger partial charge in [0.2, 0.25) is 5.91 Å². The van der Waals surface area contributed by atoms with Crippen LogP contribution in [-0.2, 0) is 22.6 Å². The number of unbranched alkanes of at least 4 members (excludes halogenated alkanes) is 1. The van der Waals surface area contributed by atoms with E-state index < -0.39 is 6.04 Å². The van der Waals surface area contributed by atoms with Crippen molar-refractivity contribution in [2.24, 2.45) is 0 Å². The van der Waals surface area contributed by atoms with E-state index >= 15 is 0 Å². The van der Waals surface area contributed by atoms with Gasteiger partial charge >= 0.3 is 0 Å². The van der Waals surface area contributed by atoms with Crippen molar-refractivity contribution in [3.8, 4) is 5.75 Å². The first-order valence-electron chi connectivity index (χ1n) is 10.9. The highest BCUT2D eigenvalue weighted by Crippen LogP contribution is 2.15. The molecule has 1 atom stereocenters. The van der Waals surface area contributed by atoms with Crippen LogP contribution in [0.3, 0.4) is 0 Å². The SMILES string of the molecule is CCCCNC(=O)[C@@H](CC)N(Cc1ccccc1)C(=O)COc1ccc(CC)cc1. The lowest BCUT2D eigenvalue weighted by molar-refractivity contribution is -0.143. The van der Waals surface area contributed by atoms with Crippen LogP contribution in [0.5, 0.6) is 5.75 Å². The fourth-order valence-electron chi connectivity index (χ4n) is 3.26. The Morgan fingerprint density at radius 3 is 2.27 bits per heavy atom. The molecule has 0 saturated heterocycles. The third-order valence-electron chi connectivity index (χ3n) is 5.11. The molecule has 0 heterocycles. The second-order valence-corrected chi connectivity index (χ2v) is 7.36. The molecular weight excluding hydrogens is 376 g/mol. The lowest BCUT2D eigenvalue weighted by atomic mass is 10.1. The summed E-state index contributed by atoms with van der Waals surface area (Å²) >= 11 is 0. The summed E-state index contributed by atoms with van der Waals surface area (Å²) in [5, 5.41) is 2.97. The number of nitrogens with zero attached hydrogens (tertiary/aromatic N) is 1. The normalized spacial score (nSPS) is 11.6. The van der Waals surface area contributed by atoms with Gasteiger partial charge in [0.05, 0.1) is 0 Å². The number of hydrogen-bond donors (Lipinski definition) is 1. The lowest BCUT2D eigenvalue weighted by Crippen LogP contribution is -2.50. The van der Waals surface area contributed by atoms with E-state index in [9.17, 15) is 9.59 Å². The van der Waals surface area contributed by atoms with E-state index in [4.69, 9.17) is 4.74 Å². The largest absolute Gasteiger partial charge is 0.484 e. The minimum absolute atomic E-state index is 0.100. The second-order valence-electron chi connectivity index (χ2n) is 7.36. The average molecular weight is 411 g/mol. The number of benzene rings is 2. The van der Waals surface area contributed by atoms with Crippen molar-refractivity contribution >= 4 is 11.8 Å². The summed E-state index contributed by atoms with van der Waals surface area (Å²) in [5.41, 5.74) is 2.20. The van der Waals surface area contributed by atoms with Crippen LogP contribution < -0.4 is 10.1 Å². The molecule has 0 aliphatic rings. The molecule has 162 valence electrons. The molecule has 0 fully saturated rings. The number of amides is 2. The Morgan fingerprint density at radius 2 is 1.67 bits per heavy atom. The fourth-order valence-corrected chi connectivity index (χ4v) is 3.26. The minimum atomic E-state index is -0.527. The van der Waals surface area contributed by atoms with Gasteiger partial charge in [0.15, 0.2) is 6.61 Å². The summed E-state index contributed by atoms with van der Waals surface area (Å²) in [5.74, 6) is 0.346. The maximum absolute atomic E-state index is 13.1. The van der Waals surface area contributed by atoms with Crippen LogP contribution in [-0.4, -0.2) is 35.9 Å². The van der Waals surface area contributed by atoms with Crippen molar-refractivity contribution in [1.29, 1.82) is 0 Å². The van der Waals surface area contributed by atoms with Crippen LogP contribution in [0.4, 0.5) is 0 Å². The van der Waals surface area contributed by atoms with Crippen molar-refractivity contribution < 1.29 is 14.3 Å². The molecule has 5 nitrogen and oxygen atoms in total. The van der Waals surface area contributed by atoms with Crippen LogP contribution >= 0.6 is 0 Å². The van der Waals surface area contributed by atoms with Crippen LogP contribution in [0.2, 0.25) is 0 Å². The molecule has 0 radical (unpaired) electrons. The maximum Gasteiger partial charge on any atom is 0.261 e. The summed E-state index contributed by atoms with van der Waals surface area (Å²) in [6.07, 6.45) is 3.43. The standard InChI is InChI=1S/C25H34N2O3/c1-4-7-17-26-25(29)23(6-3)27(18-21-11-9-8-10-12-21)24(28)19-30-22-15-13-20(5-2)14-16-22/h8-16,23H,4-7,17-19H2,1-3H3,(H,26,29)/t23-/m1/s1. The van der Waals surface area contributed by atoms with Crippen LogP contribution in [0.25, 0.3) is 0 Å². The molecule has 1 N–H and O–H groups in total. The number of rotatable bonds is 12. The van der Waals surface area contributed by atoms with Crippen molar-refractivity contribution in [3.63, 3.8) is 0 Å². The highest BCUT2D eigenvalue weighted by Gasteiger charge is 2.28. The van der Waals surface area contributed by atoms with E-state index in [-0.39, 0.29) is 18.4 Å². The molecule has 2 aromatic carbocycles. The highest BCUT2D eigenvalue weighted by molar-refractivity contribution is 5.88. The molecular formula is C25H34N2O3. The predicted molar refractivity (Wildman–Crippen MR) is 120 cm³/mol. The number of aryl methyl sites for hydroxylation is 1. The first-order valence-corrected chi connectivity index (χ1v) is 10.9. The average Bonchev–Trinajstić information content (AvgIpc) is 2.78. The van der Waals surface area contributed by atoms with E-state index in [1.807, 2.05) is 61.5 Å². The molecule has 0 saturated carbocycles. The van der Waals surface area contributed by atoms with Crippen molar-refractivity contribution in [2.45, 2.75) is 59.0 Å². The van der Waals surface area contributed by atoms with Crippen LogP contribution in [0, 0.1) is 0 Å². The number of hydrogen-bond acceptors (Lipinski definition) is 3. The number of carbonyl (C=O) groups excluding carboxylic acids is 2. The molecule has 0 aliphatic heterocycles. The minimum Gasteiger partial charge on any atom is -0.484 e. The zero-order chi connectivity index (χ0) is 21.8. The van der Waals surface area contributed by atoms with Gasteiger partial charge < -0.3 is 15.0 Å². The molecule has 0 spiro atoms. The Bertz CT molecular complexity index is 775. The zero-order valence-corrected chi connectivity index (χ0v) is 18.4. The van der Waals surface area contributed by atoms with Gasteiger partial charge in [0, 0.05) is 13.1 Å². The third kappa shape index (κ3) is 7.21. The van der Waals surface area contributed by atoms with Crippen molar-refractivity contribution in [1.82, 2.24) is 10.2 Å². The summed E-state index contributed by atoms with van der Waals surface area (Å²) < 4.78 is 5.74. The smallest absolute Gasteiger partial charge is 0.261 e. The molecule has 2 aromatic rings. The Hall–Kier alpha value is -2.82. The van der Waals surface area contributed by atoms with Gasteiger partial charge in [-0.25, -0.2) is 0 Å². The van der Waals surface area contributed by atoms with Gasteiger partial charge in [-0.15, -0.1) is 0 Å². The zero-order valence-electron chi connectivity index (χ0n) is 18.4. The molecule has 30 heavy (non-hydrogen) atoms. The number of nitrogens with one attached hydrogen (secondary N) is 1. The van der Waals surface area contributed by atoms with Gasteiger partial charge in [0.25, 0.3) is 5.91 Å². The van der Waals surface area contributed by atoms with Gasteiger partial charge in [0.1, 0.15) is 11.8 Å². The van der Waals surface area contributed by atoms with E-state index in [1.165, 1.54) is 5.56 Å². The monoisotopic (exact) mass is 410 g/mol. The molecule has 0 aliphatic carbocycles. The van der Waals surface area contributed by atoms with Crippen molar-refractivity contribution in [3.05, 3.63) is 65.7 Å². The van der Waals surface area contributed by atoms with Gasteiger partial charge in [-0.2, -0.15) is 0 Å². The fraction of sp³-hybridized carbons (Fsp3) is 0.440. The molecule has 0 aromatic heterocycles. The summed E-state index contributed by atoms with van der Waals surface area (Å²) in [6, 6.07) is 17.0. The third-order valence-corrected chi connectivity index (χ3v) is 5.11. The van der Waals surface area contributed by atoms with E-state index in [2.05, 4.69) is 19.2 Å². The van der Waals surface area contributed by atoms with E-state index in [0.717, 1.165) is 24.8 Å². The predicted octanol–water partition coefficient (Wildman–Crippen LogP) is 4.35. The molecule has 5 heteroatoms. The molecule has 2 amide bonds. The van der Waals surface area contributed by atoms with Gasteiger partial charge in [-0.3, -0.25) is 9.59 Å². The van der Waals surface area contributed by atoms with Gasteiger partial charge in [-0.05, 0) is 42.5 Å². The Kier molecular flexibility index (Phi) is 9.92. The summed E-state index contributed by atoms with van der Waals surface area (Å²) in [7, 11) is 0. The second kappa shape index (κ2) is 12.7.